The Morgan fingerprint density at radius 1 is 1.26 bits per heavy atom. The van der Waals surface area contributed by atoms with Crippen LogP contribution in [0.2, 0.25) is 0 Å². The van der Waals surface area contributed by atoms with Gasteiger partial charge >= 0.3 is 0 Å². The highest BCUT2D eigenvalue weighted by atomic mass is 79.9. The molecule has 1 aliphatic rings. The van der Waals surface area contributed by atoms with E-state index in [4.69, 9.17) is 0 Å². The van der Waals surface area contributed by atoms with Crippen molar-refractivity contribution in [3.8, 4) is 0 Å². The normalized spacial score (nSPS) is 19.1. The summed E-state index contributed by atoms with van der Waals surface area (Å²) in [5, 5.41) is 13.0. The molecule has 1 aromatic carbocycles. The maximum Gasteiger partial charge on any atom is 0.128 e. The van der Waals surface area contributed by atoms with E-state index in [9.17, 15) is 9.50 Å². The van der Waals surface area contributed by atoms with Gasteiger partial charge in [-0.25, -0.2) is 4.39 Å². The predicted molar refractivity (Wildman–Crippen MR) is 78.6 cm³/mol. The highest BCUT2D eigenvalue weighted by molar-refractivity contribution is 9.10. The fraction of sp³-hybridized carbons (Fsp3) is 0.600. The van der Waals surface area contributed by atoms with Crippen molar-refractivity contribution in [3.05, 3.63) is 34.1 Å². The molecule has 0 amide bonds. The summed E-state index contributed by atoms with van der Waals surface area (Å²) < 4.78 is 14.7. The second-order valence-corrected chi connectivity index (χ2v) is 6.17. The molecule has 0 heterocycles. The molecule has 1 aliphatic carbocycles. The Labute approximate surface area is 122 Å². The smallest absolute Gasteiger partial charge is 0.128 e. The first kappa shape index (κ1) is 14.9. The van der Waals surface area contributed by atoms with E-state index in [1.807, 2.05) is 0 Å². The van der Waals surface area contributed by atoms with Crippen LogP contribution in [0.4, 0.5) is 4.39 Å². The molecule has 1 fully saturated rings. The summed E-state index contributed by atoms with van der Waals surface area (Å²) in [7, 11) is 0. The van der Waals surface area contributed by atoms with Gasteiger partial charge in [-0.3, -0.25) is 0 Å². The third-order valence-electron chi connectivity index (χ3n) is 3.81. The van der Waals surface area contributed by atoms with Crippen LogP contribution in [0.15, 0.2) is 22.7 Å². The molecule has 19 heavy (non-hydrogen) atoms. The van der Waals surface area contributed by atoms with Crippen LogP contribution in [-0.2, 0) is 0 Å². The lowest BCUT2D eigenvalue weighted by Gasteiger charge is -2.24. The number of hydrogen-bond donors (Lipinski definition) is 2. The van der Waals surface area contributed by atoms with Crippen LogP contribution in [0.1, 0.15) is 50.1 Å². The average Bonchev–Trinajstić information content (AvgIpc) is 2.67. The largest absolute Gasteiger partial charge is 0.394 e. The molecule has 4 heteroatoms. The van der Waals surface area contributed by atoms with Gasteiger partial charge in [-0.1, -0.05) is 41.6 Å². The molecule has 0 aliphatic heterocycles. The minimum Gasteiger partial charge on any atom is -0.394 e. The fourth-order valence-electron chi connectivity index (χ4n) is 2.75. The van der Waals surface area contributed by atoms with Crippen molar-refractivity contribution in [1.29, 1.82) is 0 Å². The van der Waals surface area contributed by atoms with Crippen molar-refractivity contribution in [1.82, 2.24) is 5.32 Å². The standard InChI is InChI=1S/C15H21BrFNO/c16-11-7-8-14(17)13(9-11)15(10-19)18-12-5-3-1-2-4-6-12/h7-9,12,15,18-19H,1-6,10H2. The molecular formula is C15H21BrFNO. The van der Waals surface area contributed by atoms with E-state index in [0.29, 0.717) is 11.6 Å². The summed E-state index contributed by atoms with van der Waals surface area (Å²) in [5.41, 5.74) is 0.543. The molecule has 1 aromatic rings. The van der Waals surface area contributed by atoms with Gasteiger partial charge in [0, 0.05) is 16.1 Å². The van der Waals surface area contributed by atoms with Gasteiger partial charge in [0.05, 0.1) is 12.6 Å². The summed E-state index contributed by atoms with van der Waals surface area (Å²) in [6, 6.07) is 4.94. The Balaban J connectivity index is 2.08. The van der Waals surface area contributed by atoms with Crippen molar-refractivity contribution in [2.75, 3.05) is 6.61 Å². The van der Waals surface area contributed by atoms with Gasteiger partial charge < -0.3 is 10.4 Å². The Morgan fingerprint density at radius 2 is 1.95 bits per heavy atom. The predicted octanol–water partition coefficient (Wildman–Crippen LogP) is 3.93. The van der Waals surface area contributed by atoms with Crippen molar-refractivity contribution in [3.63, 3.8) is 0 Å². The minimum absolute atomic E-state index is 0.0795. The van der Waals surface area contributed by atoms with Gasteiger partial charge in [-0.05, 0) is 31.0 Å². The molecule has 0 spiro atoms. The van der Waals surface area contributed by atoms with Crippen LogP contribution >= 0.6 is 15.9 Å². The Kier molecular flexibility index (Phi) is 5.79. The van der Waals surface area contributed by atoms with Crippen molar-refractivity contribution in [2.45, 2.75) is 50.6 Å². The molecule has 2 N–H and O–H groups in total. The first-order valence-electron chi connectivity index (χ1n) is 7.02. The molecule has 0 aromatic heterocycles. The molecular weight excluding hydrogens is 309 g/mol. The van der Waals surface area contributed by atoms with Crippen LogP contribution in [0.25, 0.3) is 0 Å². The van der Waals surface area contributed by atoms with Crippen LogP contribution in [0, 0.1) is 5.82 Å². The lowest BCUT2D eigenvalue weighted by atomic mass is 10.0. The Hall–Kier alpha value is -0.450. The fourth-order valence-corrected chi connectivity index (χ4v) is 3.13. The molecule has 2 nitrogen and oxygen atoms in total. The van der Waals surface area contributed by atoms with E-state index in [2.05, 4.69) is 21.2 Å². The van der Waals surface area contributed by atoms with Gasteiger partial charge in [-0.15, -0.1) is 0 Å². The lowest BCUT2D eigenvalue weighted by Crippen LogP contribution is -2.34. The lowest BCUT2D eigenvalue weighted by molar-refractivity contribution is 0.225. The quantitative estimate of drug-likeness (QED) is 0.820. The van der Waals surface area contributed by atoms with Crippen LogP contribution in [-0.4, -0.2) is 17.8 Å². The van der Waals surface area contributed by atoms with Crippen molar-refractivity contribution >= 4 is 15.9 Å². The van der Waals surface area contributed by atoms with Crippen LogP contribution in [0.5, 0.6) is 0 Å². The van der Waals surface area contributed by atoms with E-state index < -0.39 is 0 Å². The van der Waals surface area contributed by atoms with Gasteiger partial charge in [0.2, 0.25) is 0 Å². The molecule has 106 valence electrons. The molecule has 0 radical (unpaired) electrons. The van der Waals surface area contributed by atoms with Crippen molar-refractivity contribution < 1.29 is 9.50 Å². The number of halogens is 2. The van der Waals surface area contributed by atoms with Crippen molar-refractivity contribution in [2.24, 2.45) is 0 Å². The molecule has 1 saturated carbocycles. The van der Waals surface area contributed by atoms with E-state index in [0.717, 1.165) is 17.3 Å². The first-order chi connectivity index (χ1) is 9.20. The van der Waals surface area contributed by atoms with Gasteiger partial charge in [0.1, 0.15) is 5.82 Å². The maximum atomic E-state index is 13.9. The minimum atomic E-state index is -0.319. The Morgan fingerprint density at radius 3 is 2.58 bits per heavy atom. The van der Waals surface area contributed by atoms with Gasteiger partial charge in [0.15, 0.2) is 0 Å². The average molecular weight is 330 g/mol. The third-order valence-corrected chi connectivity index (χ3v) is 4.30. The number of hydrogen-bond acceptors (Lipinski definition) is 2. The highest BCUT2D eigenvalue weighted by Crippen LogP contribution is 2.24. The van der Waals surface area contributed by atoms with E-state index >= 15 is 0 Å². The number of aliphatic hydroxyl groups is 1. The summed E-state index contributed by atoms with van der Waals surface area (Å²) in [5.74, 6) is -0.261. The van der Waals surface area contributed by atoms with Crippen LogP contribution in [0.3, 0.4) is 0 Å². The summed E-state index contributed by atoms with van der Waals surface area (Å²) in [4.78, 5) is 0. The second-order valence-electron chi connectivity index (χ2n) is 5.26. The number of rotatable bonds is 4. The zero-order valence-corrected chi connectivity index (χ0v) is 12.6. The van der Waals surface area contributed by atoms with Gasteiger partial charge in [-0.2, -0.15) is 0 Å². The highest BCUT2D eigenvalue weighted by Gasteiger charge is 2.20. The van der Waals surface area contributed by atoms with E-state index in [-0.39, 0.29) is 18.5 Å². The SMILES string of the molecule is OCC(NC1CCCCCC1)c1cc(Br)ccc1F. The first-order valence-corrected chi connectivity index (χ1v) is 7.82. The zero-order valence-electron chi connectivity index (χ0n) is 11.0. The maximum absolute atomic E-state index is 13.9. The second kappa shape index (κ2) is 7.36. The van der Waals surface area contributed by atoms with Crippen LogP contribution < -0.4 is 5.32 Å². The molecule has 1 unspecified atom stereocenters. The van der Waals surface area contributed by atoms with E-state index in [1.54, 1.807) is 12.1 Å². The summed E-state index contributed by atoms with van der Waals surface area (Å²) >= 11 is 3.36. The summed E-state index contributed by atoms with van der Waals surface area (Å²) in [6.07, 6.45) is 7.24. The van der Waals surface area contributed by atoms with E-state index in [1.165, 1.54) is 31.7 Å². The topological polar surface area (TPSA) is 32.3 Å². The molecule has 0 saturated heterocycles. The Bertz CT molecular complexity index is 405. The zero-order chi connectivity index (χ0) is 13.7. The molecule has 1 atom stereocenters. The summed E-state index contributed by atoms with van der Waals surface area (Å²) in [6.45, 7) is -0.0795. The number of benzene rings is 1. The third kappa shape index (κ3) is 4.26. The molecule has 2 rings (SSSR count). The molecule has 0 bridgehead atoms. The number of nitrogens with one attached hydrogen (secondary N) is 1. The number of aliphatic hydroxyl groups excluding tert-OH is 1. The van der Waals surface area contributed by atoms with Gasteiger partial charge in [0.25, 0.3) is 0 Å². The monoisotopic (exact) mass is 329 g/mol.